The van der Waals surface area contributed by atoms with Crippen molar-refractivity contribution in [3.05, 3.63) is 127 Å². The molecule has 6 rings (SSSR count). The number of fused-ring (bicyclic) bond motifs is 2. The van der Waals surface area contributed by atoms with Gasteiger partial charge in [0.25, 0.3) is 0 Å². The first-order chi connectivity index (χ1) is 26.2. The molecule has 55 heavy (non-hydrogen) atoms. The van der Waals surface area contributed by atoms with Crippen molar-refractivity contribution in [2.24, 2.45) is 0 Å². The van der Waals surface area contributed by atoms with Gasteiger partial charge in [-0.3, -0.25) is 4.84 Å². The van der Waals surface area contributed by atoms with E-state index in [1.807, 2.05) is 91.0 Å². The molecule has 290 valence electrons. The molecule has 0 saturated carbocycles. The molecular weight excluding hydrogens is 747 g/mol. The van der Waals surface area contributed by atoms with E-state index in [0.717, 1.165) is 5.06 Å². The monoisotopic (exact) mass is 790 g/mol. The maximum atomic E-state index is 14.4. The Morgan fingerprint density at radius 3 is 2.05 bits per heavy atom. The predicted molar refractivity (Wildman–Crippen MR) is 208 cm³/mol. The van der Waals surface area contributed by atoms with Gasteiger partial charge in [-0.1, -0.05) is 0 Å². The van der Waals surface area contributed by atoms with Crippen molar-refractivity contribution in [3.63, 3.8) is 0 Å². The average Bonchev–Trinajstić information content (AvgIpc) is 3.74. The van der Waals surface area contributed by atoms with Crippen molar-refractivity contribution in [1.29, 1.82) is 0 Å². The van der Waals surface area contributed by atoms with Crippen LogP contribution in [0, 0.1) is 0 Å². The van der Waals surface area contributed by atoms with Crippen LogP contribution < -0.4 is 26.7 Å². The van der Waals surface area contributed by atoms with Crippen LogP contribution in [-0.4, -0.2) is 84.1 Å². The van der Waals surface area contributed by atoms with Crippen LogP contribution >= 0.6 is 6.83 Å². The molecule has 1 saturated heterocycles. The summed E-state index contributed by atoms with van der Waals surface area (Å²) >= 11 is 0. The van der Waals surface area contributed by atoms with E-state index in [9.17, 15) is 22.8 Å². The first-order valence-electron chi connectivity index (χ1n) is 17.5. The number of benzene rings is 3. The van der Waals surface area contributed by atoms with E-state index in [4.69, 9.17) is 17.8 Å². The summed E-state index contributed by atoms with van der Waals surface area (Å²) in [6, 6.07) is 27.3. The number of carbonyl (C=O) groups is 3. The van der Waals surface area contributed by atoms with E-state index in [1.165, 1.54) is 21.8 Å². The Kier molecular flexibility index (Phi) is 11.3. The Balaban J connectivity index is 1.22. The summed E-state index contributed by atoms with van der Waals surface area (Å²) in [5, 5.41) is 9.46. The molecule has 0 radical (unpaired) electrons. The number of ether oxygens (including phenoxy) is 1. The van der Waals surface area contributed by atoms with Gasteiger partial charge in [0.05, 0.1) is 6.61 Å². The number of nitrogens with one attached hydrogen (secondary N) is 2. The zero-order chi connectivity index (χ0) is 39.3. The van der Waals surface area contributed by atoms with Crippen molar-refractivity contribution in [2.75, 3.05) is 26.2 Å². The molecule has 2 bridgehead atoms. The van der Waals surface area contributed by atoms with E-state index < -0.39 is 46.9 Å². The minimum absolute atomic E-state index is 0.0161. The topological polar surface area (TPSA) is 171 Å². The normalized spacial score (nSPS) is 16.7. The van der Waals surface area contributed by atoms with Crippen molar-refractivity contribution in [1.82, 2.24) is 30.5 Å². The molecule has 2 N–H and O–H groups in total. The average molecular weight is 791 g/mol. The number of rotatable bonds is 14. The van der Waals surface area contributed by atoms with Gasteiger partial charge in [-0.15, -0.1) is 0 Å². The third kappa shape index (κ3) is 8.19. The van der Waals surface area contributed by atoms with Crippen molar-refractivity contribution in [3.8, 4) is 0 Å². The van der Waals surface area contributed by atoms with Crippen molar-refractivity contribution >= 4 is 56.9 Å². The number of amides is 4. The Morgan fingerprint density at radius 1 is 0.927 bits per heavy atom. The second kappa shape index (κ2) is 15.8. The molecule has 1 fully saturated rings. The van der Waals surface area contributed by atoms with Crippen LogP contribution in [0.4, 0.5) is 9.59 Å². The van der Waals surface area contributed by atoms with Crippen LogP contribution in [0.3, 0.4) is 0 Å². The number of aromatic nitrogens is 2. The van der Waals surface area contributed by atoms with Gasteiger partial charge in [0, 0.05) is 6.54 Å². The number of allylic oxidation sites excluding steroid dienone is 1. The second-order valence-electron chi connectivity index (χ2n) is 13.7. The number of alkyl carbamates (subject to hydrolysis) is 1. The summed E-state index contributed by atoms with van der Waals surface area (Å²) in [7, 11) is -5.00. The molecule has 2 aliphatic heterocycles. The van der Waals surface area contributed by atoms with Gasteiger partial charge in [0.1, 0.15) is 5.60 Å². The number of urea groups is 1. The fraction of sp³-hybridized carbons (Fsp3) is 0.263. The molecule has 3 aromatic carbocycles. The molecule has 0 aliphatic carbocycles. The van der Waals surface area contributed by atoms with Crippen LogP contribution in [0.25, 0.3) is 5.70 Å². The predicted octanol–water partition coefficient (Wildman–Crippen LogP) is 4.20. The summed E-state index contributed by atoms with van der Waals surface area (Å²) in [4.78, 5) is 44.7. The summed E-state index contributed by atoms with van der Waals surface area (Å²) < 4.78 is 47.6. The number of hydrogen-bond acceptors (Lipinski definition) is 10. The Morgan fingerprint density at radius 2 is 1.51 bits per heavy atom. The fourth-order valence-corrected chi connectivity index (χ4v) is 14.0. The quantitative estimate of drug-likeness (QED) is 0.107. The van der Waals surface area contributed by atoms with Gasteiger partial charge in [-0.25, -0.2) is 4.79 Å². The molecular formula is C38H43N6O9PS. The van der Waals surface area contributed by atoms with Crippen LogP contribution in [0.5, 0.6) is 0 Å². The Hall–Kier alpha value is -5.38. The summed E-state index contributed by atoms with van der Waals surface area (Å²) in [5.74, 6) is 1.16. The van der Waals surface area contributed by atoms with Crippen LogP contribution in [0.15, 0.2) is 121 Å². The summed E-state index contributed by atoms with van der Waals surface area (Å²) in [6.07, 6.45) is 4.34. The van der Waals surface area contributed by atoms with Gasteiger partial charge < -0.3 is 10.1 Å². The van der Waals surface area contributed by atoms with Gasteiger partial charge in [-0.2, -0.15) is 0 Å². The SMILES string of the molecule is C/C=C/P(OS(=O)(=O)ON1C(=O)N2CC(n3ccc(C(=O)NOCCNC(=O)OC(C)(C)C)n3)=CC1C2)(c1ccccc1)(c1ccccc1)c1ccccc1. The molecule has 4 amide bonds. The van der Waals surface area contributed by atoms with Crippen molar-refractivity contribution in [2.45, 2.75) is 39.3 Å². The van der Waals surface area contributed by atoms with Crippen LogP contribution in [0.1, 0.15) is 38.2 Å². The van der Waals surface area contributed by atoms with Gasteiger partial charge in [0.2, 0.25) is 0 Å². The first-order valence-corrected chi connectivity index (χ1v) is 21.0. The van der Waals surface area contributed by atoms with Gasteiger partial charge >= 0.3 is 261 Å². The molecule has 3 heterocycles. The number of nitrogens with zero attached hydrogens (tertiary/aromatic N) is 4. The van der Waals surface area contributed by atoms with E-state index in [-0.39, 0.29) is 31.9 Å². The number of carbonyl (C=O) groups excluding carboxylic acids is 3. The molecule has 1 atom stereocenters. The zero-order valence-electron chi connectivity index (χ0n) is 30.8. The van der Waals surface area contributed by atoms with E-state index in [0.29, 0.717) is 21.6 Å². The molecule has 4 aromatic rings. The van der Waals surface area contributed by atoms with E-state index >= 15 is 0 Å². The third-order valence-electron chi connectivity index (χ3n) is 8.72. The molecule has 0 spiro atoms. The molecule has 1 aromatic heterocycles. The molecule has 2 aliphatic rings. The fourth-order valence-electron chi connectivity index (χ4n) is 6.53. The van der Waals surface area contributed by atoms with E-state index in [2.05, 4.69) is 15.9 Å². The maximum absolute atomic E-state index is 14.4. The number of hydrogen-bond donors (Lipinski definition) is 2. The summed E-state index contributed by atoms with van der Waals surface area (Å²) in [6.45, 7) is 2.77. The second-order valence-corrected chi connectivity index (χ2v) is 19.3. The van der Waals surface area contributed by atoms with E-state index in [1.54, 1.807) is 45.7 Å². The Bertz CT molecular complexity index is 2090. The zero-order valence-corrected chi connectivity index (χ0v) is 32.5. The molecule has 15 nitrogen and oxygen atoms in total. The van der Waals surface area contributed by atoms with Gasteiger partial charge in [0.15, 0.2) is 0 Å². The standard InChI is InChI=1S/C38H43N6O9PS/c1-5-25-54(31-15-9-6-10-16-31,32-17-11-7-12-18-32,33-19-13-8-14-20-33)53-55(48,49)52-44-30-26-29(27-42(28-30)37(44)47)43-23-21-34(40-43)35(45)41-50-24-22-39-36(46)51-38(2,3)4/h5-21,23,25-26,30H,22,24,27-28H2,1-4H3,(H,39,46)(H,41,45)/b25-5+. The van der Waals surface area contributed by atoms with Gasteiger partial charge in [-0.05, 0) is 20.8 Å². The summed E-state index contributed by atoms with van der Waals surface area (Å²) in [5.41, 5.74) is 2.14. The first kappa shape index (κ1) is 39.3. The minimum atomic E-state index is -5.00. The third-order valence-corrected chi connectivity index (χ3v) is 15.9. The van der Waals surface area contributed by atoms with Crippen LogP contribution in [0.2, 0.25) is 0 Å². The molecule has 17 heteroatoms. The number of hydroxylamine groups is 3. The van der Waals surface area contributed by atoms with Crippen LogP contribution in [-0.2, 0) is 28.2 Å². The van der Waals surface area contributed by atoms with Crippen molar-refractivity contribution < 1.29 is 40.6 Å². The molecule has 1 unspecified atom stereocenters. The Labute approximate surface area is 319 Å².